The van der Waals surface area contributed by atoms with Crippen LogP contribution in [0.15, 0.2) is 82.0 Å². The average Bonchev–Trinajstić information content (AvgIpc) is 3.22. The summed E-state index contributed by atoms with van der Waals surface area (Å²) >= 11 is 11.3. The molecule has 1 fully saturated rings. The minimum atomic E-state index is -0.354. The topological polar surface area (TPSA) is 90.1 Å². The Kier molecular flexibility index (Phi) is 12.6. The number of hydrogen-bond donors (Lipinski definition) is 3. The molecule has 1 aromatic heterocycles. The van der Waals surface area contributed by atoms with Gasteiger partial charge in [0.25, 0.3) is 5.56 Å². The molecule has 4 rings (SSSR count). The molecule has 1 aliphatic heterocycles. The maximum absolute atomic E-state index is 14.3. The van der Waals surface area contributed by atoms with E-state index in [1.54, 1.807) is 50.5 Å². The minimum absolute atomic E-state index is 0.0790. The summed E-state index contributed by atoms with van der Waals surface area (Å²) in [6.07, 6.45) is 7.86. The SMILES string of the molecule is CC1=C(F)C(Cl)=CC=CC1C1CNC(CC(C)(C)C)C1C#N.Cn1ccc(NO)cc1=O.Fc1cccc(Cl)c1. The van der Waals surface area contributed by atoms with Crippen LogP contribution in [-0.2, 0) is 7.05 Å². The number of nitrogens with one attached hydrogen (secondary N) is 2. The number of nitrogens with zero attached hydrogens (tertiary/aromatic N) is 2. The van der Waals surface area contributed by atoms with Gasteiger partial charge in [0.1, 0.15) is 11.6 Å². The van der Waals surface area contributed by atoms with Gasteiger partial charge in [0, 0.05) is 42.8 Å². The number of nitriles is 1. The van der Waals surface area contributed by atoms with Gasteiger partial charge in [-0.05, 0) is 60.6 Å². The van der Waals surface area contributed by atoms with E-state index in [1.165, 1.54) is 22.8 Å². The minimum Gasteiger partial charge on any atom is -0.318 e. The summed E-state index contributed by atoms with van der Waals surface area (Å²) in [6, 6.07) is 11.3. The van der Waals surface area contributed by atoms with E-state index in [4.69, 9.17) is 28.4 Å². The molecule has 1 aliphatic carbocycles. The number of allylic oxidation sites excluding steroid dienone is 6. The summed E-state index contributed by atoms with van der Waals surface area (Å²) in [5, 5.41) is 22.1. The Morgan fingerprint density at radius 1 is 1.23 bits per heavy atom. The van der Waals surface area contributed by atoms with E-state index < -0.39 is 0 Å². The monoisotopic (exact) mass is 592 g/mol. The molecule has 0 radical (unpaired) electrons. The number of halogens is 4. The largest absolute Gasteiger partial charge is 0.318 e. The Morgan fingerprint density at radius 3 is 2.45 bits per heavy atom. The van der Waals surface area contributed by atoms with Crippen LogP contribution in [0.4, 0.5) is 14.5 Å². The van der Waals surface area contributed by atoms with Crippen molar-refractivity contribution >= 4 is 28.9 Å². The summed E-state index contributed by atoms with van der Waals surface area (Å²) in [6.45, 7) is 9.04. The fourth-order valence-corrected chi connectivity index (χ4v) is 4.99. The van der Waals surface area contributed by atoms with Crippen molar-refractivity contribution < 1.29 is 14.0 Å². The van der Waals surface area contributed by atoms with Gasteiger partial charge in [-0.1, -0.05) is 62.2 Å². The summed E-state index contributed by atoms with van der Waals surface area (Å²) in [5.41, 5.74) is 2.91. The Hall–Kier alpha value is -2.96. The quantitative estimate of drug-likeness (QED) is 0.324. The third-order valence-corrected chi connectivity index (χ3v) is 7.12. The smallest absolute Gasteiger partial charge is 0.252 e. The number of benzene rings is 1. The lowest BCUT2D eigenvalue weighted by molar-refractivity contribution is 0.287. The van der Waals surface area contributed by atoms with Gasteiger partial charge in [0.15, 0.2) is 0 Å². The standard InChI is InChI=1S/C18H24ClFN2.C6H4ClF.C6H8N2O2/c1-11-12(6-5-7-15(19)17(11)20)14-10-22-16(13(14)9-21)8-18(2,3)4;7-5-2-1-3-6(8)4-5;1-8-3-2-5(7-10)4-6(8)9/h5-7,12-14,16,22H,8,10H2,1-4H3;1-4H;2-4,7,10H,1H3. The molecular formula is C30H36Cl2F2N4O2. The van der Waals surface area contributed by atoms with Crippen LogP contribution in [0.1, 0.15) is 34.1 Å². The Labute approximate surface area is 244 Å². The highest BCUT2D eigenvalue weighted by atomic mass is 35.5. The molecule has 3 N–H and O–H groups in total. The molecule has 2 aromatic rings. The molecule has 0 bridgehead atoms. The molecule has 0 amide bonds. The van der Waals surface area contributed by atoms with Gasteiger partial charge >= 0.3 is 0 Å². The van der Waals surface area contributed by atoms with Gasteiger partial charge in [0.05, 0.1) is 22.7 Å². The lowest BCUT2D eigenvalue weighted by atomic mass is 9.75. The van der Waals surface area contributed by atoms with Gasteiger partial charge in [-0.2, -0.15) is 5.26 Å². The molecule has 216 valence electrons. The average molecular weight is 594 g/mol. The summed E-state index contributed by atoms with van der Waals surface area (Å²) in [7, 11) is 1.64. The molecule has 0 spiro atoms. The second-order valence-corrected chi connectivity index (χ2v) is 11.8. The normalized spacial score (nSPS) is 22.2. The van der Waals surface area contributed by atoms with Gasteiger partial charge in [0.2, 0.25) is 0 Å². The van der Waals surface area contributed by atoms with Gasteiger partial charge < -0.3 is 9.88 Å². The summed E-state index contributed by atoms with van der Waals surface area (Å²) < 4.78 is 27.8. The summed E-state index contributed by atoms with van der Waals surface area (Å²) in [4.78, 5) is 10.8. The lowest BCUT2D eigenvalue weighted by Gasteiger charge is -2.28. The fourth-order valence-electron chi connectivity index (χ4n) is 4.59. The van der Waals surface area contributed by atoms with Crippen molar-refractivity contribution in [3.8, 4) is 6.07 Å². The van der Waals surface area contributed by atoms with Crippen molar-refractivity contribution in [1.29, 1.82) is 5.26 Å². The van der Waals surface area contributed by atoms with Crippen LogP contribution in [0, 0.1) is 40.3 Å². The van der Waals surface area contributed by atoms with E-state index in [9.17, 15) is 18.8 Å². The number of anilines is 1. The van der Waals surface area contributed by atoms with Gasteiger partial charge in [-0.15, -0.1) is 0 Å². The predicted molar refractivity (Wildman–Crippen MR) is 157 cm³/mol. The molecular weight excluding hydrogens is 557 g/mol. The van der Waals surface area contributed by atoms with Crippen LogP contribution in [0.2, 0.25) is 5.02 Å². The van der Waals surface area contributed by atoms with Crippen LogP contribution in [0.5, 0.6) is 0 Å². The van der Waals surface area contributed by atoms with E-state index in [0.29, 0.717) is 16.3 Å². The third kappa shape index (κ3) is 9.90. The van der Waals surface area contributed by atoms with Crippen molar-refractivity contribution in [3.63, 3.8) is 0 Å². The van der Waals surface area contributed by atoms with Crippen LogP contribution in [0.25, 0.3) is 0 Å². The molecule has 4 unspecified atom stereocenters. The highest BCUT2D eigenvalue weighted by Crippen LogP contribution is 2.40. The van der Waals surface area contributed by atoms with Crippen molar-refractivity contribution in [1.82, 2.24) is 9.88 Å². The highest BCUT2D eigenvalue weighted by Gasteiger charge is 2.42. The molecule has 1 saturated heterocycles. The first-order valence-corrected chi connectivity index (χ1v) is 13.5. The maximum atomic E-state index is 14.3. The van der Waals surface area contributed by atoms with Crippen molar-refractivity contribution in [2.45, 2.75) is 40.2 Å². The van der Waals surface area contributed by atoms with E-state index in [2.05, 4.69) is 32.2 Å². The number of hydrogen-bond acceptors (Lipinski definition) is 5. The van der Waals surface area contributed by atoms with E-state index in [0.717, 1.165) is 13.0 Å². The fraction of sp³-hybridized carbons (Fsp3) is 0.400. The highest BCUT2D eigenvalue weighted by molar-refractivity contribution is 6.32. The molecule has 40 heavy (non-hydrogen) atoms. The molecule has 6 nitrogen and oxygen atoms in total. The van der Waals surface area contributed by atoms with Gasteiger partial charge in [-0.3, -0.25) is 15.5 Å². The Bertz CT molecular complexity index is 1320. The third-order valence-electron chi connectivity index (χ3n) is 6.59. The van der Waals surface area contributed by atoms with Crippen LogP contribution >= 0.6 is 23.2 Å². The molecule has 10 heteroatoms. The van der Waals surface area contributed by atoms with Gasteiger partial charge in [-0.25, -0.2) is 8.78 Å². The maximum Gasteiger partial charge on any atom is 0.252 e. The predicted octanol–water partition coefficient (Wildman–Crippen LogP) is 7.37. The Morgan fingerprint density at radius 2 is 1.93 bits per heavy atom. The summed E-state index contributed by atoms with van der Waals surface area (Å²) in [5.74, 6) is -0.774. The lowest BCUT2D eigenvalue weighted by Crippen LogP contribution is -2.31. The Balaban J connectivity index is 0.000000254. The molecule has 1 aromatic carbocycles. The van der Waals surface area contributed by atoms with Crippen molar-refractivity contribution in [3.05, 3.63) is 98.4 Å². The first-order chi connectivity index (χ1) is 18.8. The van der Waals surface area contributed by atoms with Crippen molar-refractivity contribution in [2.24, 2.45) is 30.2 Å². The van der Waals surface area contributed by atoms with E-state index >= 15 is 0 Å². The molecule has 2 heterocycles. The number of rotatable bonds is 3. The van der Waals surface area contributed by atoms with E-state index in [1.807, 2.05) is 11.6 Å². The first kappa shape index (κ1) is 33.2. The van der Waals surface area contributed by atoms with Crippen LogP contribution < -0.4 is 16.4 Å². The molecule has 4 atom stereocenters. The number of aromatic nitrogens is 1. The van der Waals surface area contributed by atoms with Crippen LogP contribution in [0.3, 0.4) is 0 Å². The van der Waals surface area contributed by atoms with E-state index in [-0.39, 0.29) is 51.4 Å². The first-order valence-electron chi connectivity index (χ1n) is 12.8. The number of pyridine rings is 1. The molecule has 2 aliphatic rings. The molecule has 0 saturated carbocycles. The second kappa shape index (κ2) is 15.2. The van der Waals surface area contributed by atoms with Crippen LogP contribution in [-0.4, -0.2) is 22.4 Å². The zero-order chi connectivity index (χ0) is 30.0. The number of aryl methyl sites for hydroxylation is 1. The second-order valence-electron chi connectivity index (χ2n) is 10.9. The van der Waals surface area contributed by atoms with Crippen molar-refractivity contribution in [2.75, 3.05) is 12.0 Å². The zero-order valence-electron chi connectivity index (χ0n) is 23.3. The zero-order valence-corrected chi connectivity index (χ0v) is 24.8.